The zero-order valence-electron chi connectivity index (χ0n) is 23.2. The molecule has 42 heavy (non-hydrogen) atoms. The first-order valence-electron chi connectivity index (χ1n) is 13.8. The third-order valence-electron chi connectivity index (χ3n) is 9.62. The van der Waals surface area contributed by atoms with Gasteiger partial charge in [0.2, 0.25) is 5.88 Å². The van der Waals surface area contributed by atoms with E-state index in [-0.39, 0.29) is 41.4 Å². The van der Waals surface area contributed by atoms with Gasteiger partial charge in [0.15, 0.2) is 11.2 Å². The number of likely N-dealkylation sites (tertiary alicyclic amines) is 1. The molecule has 2 aliphatic carbocycles. The molecular weight excluding hydrogens is 542 g/mol. The fourth-order valence-corrected chi connectivity index (χ4v) is 7.40. The van der Waals surface area contributed by atoms with Crippen LogP contribution < -0.4 is 9.47 Å². The standard InChI is InChI=1S/C32H30F2N4O4/c1-4-20(15-35)11-10-19(2)32-25(21-8-6-5-7-9-21)23(17-38-13-12-29(38)18-30(29,33)34)27(39)31(32,40)26-24(42-32)14-22(16-36)37-28(26)41-3/h4-11,14,23,25,27,39-40H,2,12-13,17-18H2,1,3H3/b11-10-,20-4+/t23-,25-,27-,29?,31+,32+/m1/s1. The molecule has 3 fully saturated rings. The van der Waals surface area contributed by atoms with Crippen molar-refractivity contribution in [1.82, 2.24) is 9.88 Å². The summed E-state index contributed by atoms with van der Waals surface area (Å²) in [6, 6.07) is 14.5. The molecule has 10 heteroatoms. The lowest BCUT2D eigenvalue weighted by molar-refractivity contribution is -0.133. The van der Waals surface area contributed by atoms with E-state index in [1.54, 1.807) is 24.0 Å². The number of pyridine rings is 1. The number of benzene rings is 1. The third-order valence-corrected chi connectivity index (χ3v) is 9.62. The van der Waals surface area contributed by atoms with Crippen molar-refractivity contribution in [2.24, 2.45) is 5.92 Å². The van der Waals surface area contributed by atoms with Crippen LogP contribution in [0.1, 0.15) is 42.5 Å². The number of fused-ring (bicyclic) bond motifs is 3. The minimum atomic E-state index is -2.81. The summed E-state index contributed by atoms with van der Waals surface area (Å²) in [5.74, 6) is -4.40. The van der Waals surface area contributed by atoms with E-state index >= 15 is 0 Å². The van der Waals surface area contributed by atoms with Gasteiger partial charge in [-0.2, -0.15) is 10.5 Å². The molecule has 1 aromatic heterocycles. The first-order valence-corrected chi connectivity index (χ1v) is 13.8. The number of aromatic nitrogens is 1. The summed E-state index contributed by atoms with van der Waals surface area (Å²) >= 11 is 0. The molecule has 6 atom stereocenters. The fourth-order valence-electron chi connectivity index (χ4n) is 7.40. The Morgan fingerprint density at radius 1 is 1.29 bits per heavy atom. The number of halogens is 2. The van der Waals surface area contributed by atoms with Crippen LogP contribution >= 0.6 is 0 Å². The van der Waals surface area contributed by atoms with E-state index in [9.17, 15) is 29.5 Å². The summed E-state index contributed by atoms with van der Waals surface area (Å²) in [5.41, 5.74) is -3.93. The van der Waals surface area contributed by atoms with Gasteiger partial charge >= 0.3 is 0 Å². The number of rotatable bonds is 7. The van der Waals surface area contributed by atoms with Crippen LogP contribution in [0, 0.1) is 28.6 Å². The van der Waals surface area contributed by atoms with Crippen molar-refractivity contribution in [1.29, 1.82) is 10.5 Å². The molecule has 1 spiro atoms. The highest BCUT2D eigenvalue weighted by Gasteiger charge is 2.80. The molecule has 6 rings (SSSR count). The quantitative estimate of drug-likeness (QED) is 0.375. The maximum absolute atomic E-state index is 14.5. The van der Waals surface area contributed by atoms with Crippen LogP contribution in [-0.2, 0) is 5.60 Å². The predicted octanol–water partition coefficient (Wildman–Crippen LogP) is 4.12. The van der Waals surface area contributed by atoms with Gasteiger partial charge in [0.25, 0.3) is 5.92 Å². The highest BCUT2D eigenvalue weighted by molar-refractivity contribution is 5.62. The molecule has 3 heterocycles. The Balaban J connectivity index is 1.58. The van der Waals surface area contributed by atoms with Crippen LogP contribution in [-0.4, -0.2) is 63.5 Å². The summed E-state index contributed by atoms with van der Waals surface area (Å²) in [6.07, 6.45) is 3.29. The SMILES string of the molecule is C=C(/C=C\C(C#N)=C/C)[C@@]12Oc3cc(C#N)nc(OC)c3[C@]1(O)[C@H](O)[C@H](CN1CCC13CC3(F)F)[C@H]2c1ccccc1. The van der Waals surface area contributed by atoms with Crippen molar-refractivity contribution in [3.63, 3.8) is 0 Å². The maximum Gasteiger partial charge on any atom is 0.268 e. The van der Waals surface area contributed by atoms with Gasteiger partial charge < -0.3 is 19.7 Å². The van der Waals surface area contributed by atoms with Gasteiger partial charge in [-0.1, -0.05) is 49.1 Å². The molecule has 2 aliphatic heterocycles. The molecule has 2 N–H and O–H groups in total. The smallest absolute Gasteiger partial charge is 0.268 e. The van der Waals surface area contributed by atoms with Crippen molar-refractivity contribution in [2.45, 2.75) is 54.5 Å². The van der Waals surface area contributed by atoms with E-state index < -0.39 is 40.6 Å². The van der Waals surface area contributed by atoms with Crippen LogP contribution in [0.2, 0.25) is 0 Å². The normalized spacial score (nSPS) is 34.2. The average molecular weight is 573 g/mol. The second kappa shape index (κ2) is 9.47. The Kier molecular flexibility index (Phi) is 6.32. The van der Waals surface area contributed by atoms with Crippen LogP contribution in [0.25, 0.3) is 0 Å². The van der Waals surface area contributed by atoms with E-state index in [1.807, 2.05) is 36.4 Å². The number of alkyl halides is 2. The van der Waals surface area contributed by atoms with E-state index in [4.69, 9.17) is 9.47 Å². The van der Waals surface area contributed by atoms with E-state index in [0.29, 0.717) is 24.1 Å². The highest BCUT2D eigenvalue weighted by Crippen LogP contribution is 2.69. The molecule has 1 aromatic carbocycles. The van der Waals surface area contributed by atoms with E-state index in [1.165, 1.54) is 19.3 Å². The zero-order valence-corrected chi connectivity index (χ0v) is 23.2. The van der Waals surface area contributed by atoms with Crippen LogP contribution in [0.5, 0.6) is 11.6 Å². The summed E-state index contributed by atoms with van der Waals surface area (Å²) in [7, 11) is 1.33. The van der Waals surface area contributed by atoms with E-state index in [0.717, 1.165) is 0 Å². The largest absolute Gasteiger partial charge is 0.481 e. The number of methoxy groups -OCH3 is 1. The molecule has 2 aromatic rings. The molecule has 0 bridgehead atoms. The average Bonchev–Trinajstić information content (AvgIpc) is 3.44. The van der Waals surface area contributed by atoms with Gasteiger partial charge in [-0.15, -0.1) is 0 Å². The molecule has 4 aliphatic rings. The van der Waals surface area contributed by atoms with Crippen LogP contribution in [0.15, 0.2) is 72.4 Å². The van der Waals surface area contributed by atoms with Gasteiger partial charge in [-0.25, -0.2) is 13.8 Å². The van der Waals surface area contributed by atoms with Crippen molar-refractivity contribution in [3.05, 3.63) is 89.2 Å². The molecule has 1 unspecified atom stereocenters. The van der Waals surface area contributed by atoms with Gasteiger partial charge in [0, 0.05) is 43.0 Å². The lowest BCUT2D eigenvalue weighted by Crippen LogP contribution is -2.56. The maximum atomic E-state index is 14.5. The number of hydrogen-bond donors (Lipinski definition) is 2. The minimum absolute atomic E-state index is 0.0213. The number of ether oxygens (including phenoxy) is 2. The summed E-state index contributed by atoms with van der Waals surface area (Å²) in [4.78, 5) is 5.94. The number of aliphatic hydroxyl groups excluding tert-OH is 1. The van der Waals surface area contributed by atoms with Gasteiger partial charge in [-0.05, 0) is 30.6 Å². The molecule has 1 saturated heterocycles. The molecule has 2 saturated carbocycles. The summed E-state index contributed by atoms with van der Waals surface area (Å²) < 4.78 is 41.2. The molecule has 0 amide bonds. The van der Waals surface area contributed by atoms with Gasteiger partial charge in [0.05, 0.1) is 30.4 Å². The zero-order chi connectivity index (χ0) is 30.1. The number of hydrogen-bond acceptors (Lipinski definition) is 8. The Morgan fingerprint density at radius 3 is 2.55 bits per heavy atom. The second-order valence-electron chi connectivity index (χ2n) is 11.4. The van der Waals surface area contributed by atoms with Crippen molar-refractivity contribution in [3.8, 4) is 23.8 Å². The molecule has 0 radical (unpaired) electrons. The topological polar surface area (TPSA) is 123 Å². The number of allylic oxidation sites excluding steroid dienone is 3. The Bertz CT molecular complexity index is 1610. The second-order valence-corrected chi connectivity index (χ2v) is 11.4. The first-order chi connectivity index (χ1) is 20.0. The summed E-state index contributed by atoms with van der Waals surface area (Å²) in [6.45, 7) is 6.50. The van der Waals surface area contributed by atoms with Crippen LogP contribution in [0.3, 0.4) is 0 Å². The van der Waals surface area contributed by atoms with E-state index in [2.05, 4.69) is 17.6 Å². The monoisotopic (exact) mass is 572 g/mol. The molecule has 216 valence electrons. The number of nitriles is 2. The Hall–Kier alpha value is -4.09. The molecular formula is C32H30F2N4O4. The highest BCUT2D eigenvalue weighted by atomic mass is 19.3. The van der Waals surface area contributed by atoms with Gasteiger partial charge in [-0.3, -0.25) is 4.90 Å². The van der Waals surface area contributed by atoms with Crippen LogP contribution in [0.4, 0.5) is 8.78 Å². The first kappa shape index (κ1) is 28.0. The lowest BCUT2D eigenvalue weighted by Gasteiger charge is -2.45. The Labute approximate surface area is 242 Å². The van der Waals surface area contributed by atoms with Crippen molar-refractivity contribution in [2.75, 3.05) is 20.2 Å². The lowest BCUT2D eigenvalue weighted by atomic mass is 9.70. The minimum Gasteiger partial charge on any atom is -0.481 e. The fraction of sp³-hybridized carbons (Fsp3) is 0.406. The third kappa shape index (κ3) is 3.49. The van der Waals surface area contributed by atoms with Gasteiger partial charge in [0.1, 0.15) is 17.5 Å². The number of aliphatic hydroxyl groups is 2. The summed E-state index contributed by atoms with van der Waals surface area (Å²) in [5, 5.41) is 44.2. The van der Waals surface area contributed by atoms with Crippen molar-refractivity contribution < 1.29 is 28.5 Å². The predicted molar refractivity (Wildman–Crippen MR) is 148 cm³/mol. The Morgan fingerprint density at radius 2 is 2.00 bits per heavy atom. The number of nitrogens with zero attached hydrogens (tertiary/aromatic N) is 4. The molecule has 8 nitrogen and oxygen atoms in total. The van der Waals surface area contributed by atoms with Crippen molar-refractivity contribution >= 4 is 0 Å².